The van der Waals surface area contributed by atoms with Crippen LogP contribution in [-0.4, -0.2) is 4.98 Å². The lowest BCUT2D eigenvalue weighted by Gasteiger charge is -2.10. The summed E-state index contributed by atoms with van der Waals surface area (Å²) in [6, 6.07) is 15.3. The van der Waals surface area contributed by atoms with Crippen molar-refractivity contribution in [2.45, 2.75) is 0 Å². The third kappa shape index (κ3) is 2.87. The first-order chi connectivity index (χ1) is 11.1. The van der Waals surface area contributed by atoms with E-state index >= 15 is 0 Å². The molecule has 23 heavy (non-hydrogen) atoms. The summed E-state index contributed by atoms with van der Waals surface area (Å²) in [7, 11) is 0. The van der Waals surface area contributed by atoms with Crippen LogP contribution in [0.15, 0.2) is 54.6 Å². The molecule has 1 aromatic heterocycles. The molecule has 0 aliphatic heterocycles. The largest absolute Gasteiger partial charge is 0.383 e. The van der Waals surface area contributed by atoms with E-state index in [-0.39, 0.29) is 17.2 Å². The van der Waals surface area contributed by atoms with Crippen molar-refractivity contribution in [3.8, 4) is 28.5 Å². The molecule has 0 atom stereocenters. The minimum Gasteiger partial charge on any atom is -0.383 e. The molecule has 3 rings (SSSR count). The Bertz CT molecular complexity index is 913. The first-order valence-electron chi connectivity index (χ1n) is 6.81. The molecule has 3 aromatic rings. The van der Waals surface area contributed by atoms with Crippen LogP contribution < -0.4 is 5.73 Å². The van der Waals surface area contributed by atoms with Gasteiger partial charge in [-0.1, -0.05) is 24.3 Å². The molecular formula is C18H11F2N3. The number of aromatic nitrogens is 1. The molecule has 0 spiro atoms. The summed E-state index contributed by atoms with van der Waals surface area (Å²) < 4.78 is 26.5. The van der Waals surface area contributed by atoms with Crippen molar-refractivity contribution in [1.29, 1.82) is 5.26 Å². The second kappa shape index (κ2) is 5.85. The van der Waals surface area contributed by atoms with Gasteiger partial charge in [0.25, 0.3) is 0 Å². The Morgan fingerprint density at radius 1 is 0.913 bits per heavy atom. The molecule has 0 bridgehead atoms. The first kappa shape index (κ1) is 14.7. The summed E-state index contributed by atoms with van der Waals surface area (Å²) in [6.07, 6.45) is 0. The molecule has 2 aromatic carbocycles. The van der Waals surface area contributed by atoms with Crippen molar-refractivity contribution in [3.63, 3.8) is 0 Å². The summed E-state index contributed by atoms with van der Waals surface area (Å²) in [4.78, 5) is 4.17. The lowest BCUT2D eigenvalue weighted by atomic mass is 9.98. The van der Waals surface area contributed by atoms with Crippen molar-refractivity contribution < 1.29 is 8.78 Å². The standard InChI is InChI=1S/C18H11F2N3/c19-13-6-4-11(5-7-13)15-9-17(23-18(22)16(15)10-21)12-2-1-3-14(20)8-12/h1-9H,(H2,22,23). The fraction of sp³-hybridized carbons (Fsp3) is 0. The van der Waals surface area contributed by atoms with E-state index in [0.29, 0.717) is 22.4 Å². The third-order valence-electron chi connectivity index (χ3n) is 3.43. The molecule has 5 heteroatoms. The number of nitrogen functional groups attached to an aromatic ring is 1. The van der Waals surface area contributed by atoms with Crippen LogP contribution in [0.1, 0.15) is 5.56 Å². The number of nitrogens with two attached hydrogens (primary N) is 1. The molecule has 0 aliphatic carbocycles. The van der Waals surface area contributed by atoms with Crippen molar-refractivity contribution in [2.24, 2.45) is 0 Å². The average molecular weight is 307 g/mol. The van der Waals surface area contributed by atoms with E-state index in [1.54, 1.807) is 30.3 Å². The van der Waals surface area contributed by atoms with E-state index in [0.717, 1.165) is 0 Å². The Kier molecular flexibility index (Phi) is 3.73. The highest BCUT2D eigenvalue weighted by molar-refractivity contribution is 5.80. The van der Waals surface area contributed by atoms with Gasteiger partial charge in [0, 0.05) is 11.1 Å². The van der Waals surface area contributed by atoms with E-state index in [1.807, 2.05) is 6.07 Å². The van der Waals surface area contributed by atoms with Gasteiger partial charge in [0.05, 0.1) is 5.69 Å². The van der Waals surface area contributed by atoms with Gasteiger partial charge in [-0.05, 0) is 35.9 Å². The van der Waals surface area contributed by atoms with E-state index in [9.17, 15) is 14.0 Å². The number of rotatable bonds is 2. The minimum absolute atomic E-state index is 0.0496. The number of nitrogens with zero attached hydrogens (tertiary/aromatic N) is 2. The zero-order chi connectivity index (χ0) is 16.4. The fourth-order valence-corrected chi connectivity index (χ4v) is 2.34. The van der Waals surface area contributed by atoms with Gasteiger partial charge < -0.3 is 5.73 Å². The Hall–Kier alpha value is -3.26. The highest BCUT2D eigenvalue weighted by Crippen LogP contribution is 2.31. The molecule has 0 radical (unpaired) electrons. The summed E-state index contributed by atoms with van der Waals surface area (Å²) >= 11 is 0. The van der Waals surface area contributed by atoms with Crippen molar-refractivity contribution >= 4 is 5.82 Å². The molecule has 0 fully saturated rings. The molecule has 2 N–H and O–H groups in total. The maximum absolute atomic E-state index is 13.4. The topological polar surface area (TPSA) is 62.7 Å². The zero-order valence-electron chi connectivity index (χ0n) is 11.9. The van der Waals surface area contributed by atoms with Gasteiger partial charge in [-0.3, -0.25) is 0 Å². The predicted octanol–water partition coefficient (Wildman–Crippen LogP) is 4.15. The molecule has 112 valence electrons. The highest BCUT2D eigenvalue weighted by Gasteiger charge is 2.13. The lowest BCUT2D eigenvalue weighted by molar-refractivity contribution is 0.627. The van der Waals surface area contributed by atoms with Crippen LogP contribution >= 0.6 is 0 Å². The summed E-state index contributed by atoms with van der Waals surface area (Å²) in [6.45, 7) is 0. The van der Waals surface area contributed by atoms with Gasteiger partial charge in [0.1, 0.15) is 29.1 Å². The minimum atomic E-state index is -0.393. The number of hydrogen-bond donors (Lipinski definition) is 1. The SMILES string of the molecule is N#Cc1c(-c2ccc(F)cc2)cc(-c2cccc(F)c2)nc1N. The van der Waals surface area contributed by atoms with Crippen LogP contribution in [-0.2, 0) is 0 Å². The van der Waals surface area contributed by atoms with Gasteiger partial charge in [-0.2, -0.15) is 5.26 Å². The van der Waals surface area contributed by atoms with Crippen LogP contribution in [0.5, 0.6) is 0 Å². The average Bonchev–Trinajstić information content (AvgIpc) is 2.55. The van der Waals surface area contributed by atoms with Crippen LogP contribution in [0.25, 0.3) is 22.4 Å². The van der Waals surface area contributed by atoms with E-state index in [1.165, 1.54) is 24.3 Å². The second-order valence-electron chi connectivity index (χ2n) is 4.94. The number of hydrogen-bond acceptors (Lipinski definition) is 3. The molecule has 1 heterocycles. The molecular weight excluding hydrogens is 296 g/mol. The van der Waals surface area contributed by atoms with Gasteiger partial charge in [0.15, 0.2) is 0 Å². The Balaban J connectivity index is 2.22. The van der Waals surface area contributed by atoms with E-state index in [4.69, 9.17) is 5.73 Å². The van der Waals surface area contributed by atoms with Crippen molar-refractivity contribution in [2.75, 3.05) is 5.73 Å². The molecule has 0 amide bonds. The smallest absolute Gasteiger partial charge is 0.142 e. The van der Waals surface area contributed by atoms with Gasteiger partial charge in [0.2, 0.25) is 0 Å². The quantitative estimate of drug-likeness (QED) is 0.773. The summed E-state index contributed by atoms with van der Waals surface area (Å²) in [5, 5.41) is 9.32. The van der Waals surface area contributed by atoms with E-state index in [2.05, 4.69) is 4.98 Å². The third-order valence-corrected chi connectivity index (χ3v) is 3.43. The zero-order valence-corrected chi connectivity index (χ0v) is 11.9. The monoisotopic (exact) mass is 307 g/mol. The molecule has 0 aliphatic rings. The van der Waals surface area contributed by atoms with Crippen molar-refractivity contribution in [1.82, 2.24) is 4.98 Å². The Labute approximate surface area is 131 Å². The van der Waals surface area contributed by atoms with Crippen LogP contribution in [0, 0.1) is 23.0 Å². The van der Waals surface area contributed by atoms with Crippen molar-refractivity contribution in [3.05, 3.63) is 71.8 Å². The highest BCUT2D eigenvalue weighted by atomic mass is 19.1. The van der Waals surface area contributed by atoms with Gasteiger partial charge >= 0.3 is 0 Å². The maximum atomic E-state index is 13.4. The predicted molar refractivity (Wildman–Crippen MR) is 84.2 cm³/mol. The fourth-order valence-electron chi connectivity index (χ4n) is 2.34. The molecule has 0 saturated heterocycles. The van der Waals surface area contributed by atoms with Gasteiger partial charge in [-0.25, -0.2) is 13.8 Å². The van der Waals surface area contributed by atoms with Crippen LogP contribution in [0.4, 0.5) is 14.6 Å². The summed E-state index contributed by atoms with van der Waals surface area (Å²) in [5.41, 5.74) is 8.23. The second-order valence-corrected chi connectivity index (χ2v) is 4.94. The number of anilines is 1. The van der Waals surface area contributed by atoms with Crippen LogP contribution in [0.3, 0.4) is 0 Å². The number of pyridine rings is 1. The number of halogens is 2. The Morgan fingerprint density at radius 3 is 2.30 bits per heavy atom. The maximum Gasteiger partial charge on any atom is 0.142 e. The first-order valence-corrected chi connectivity index (χ1v) is 6.81. The number of benzene rings is 2. The van der Waals surface area contributed by atoms with E-state index < -0.39 is 5.82 Å². The normalized spacial score (nSPS) is 10.3. The molecule has 0 saturated carbocycles. The summed E-state index contributed by atoms with van der Waals surface area (Å²) in [5.74, 6) is -0.719. The lowest BCUT2D eigenvalue weighted by Crippen LogP contribution is -2.00. The Morgan fingerprint density at radius 2 is 1.65 bits per heavy atom. The van der Waals surface area contributed by atoms with Crippen LogP contribution in [0.2, 0.25) is 0 Å². The number of nitriles is 1. The van der Waals surface area contributed by atoms with Gasteiger partial charge in [-0.15, -0.1) is 0 Å². The molecule has 3 nitrogen and oxygen atoms in total. The molecule has 0 unspecified atom stereocenters.